The molecule has 1 aliphatic rings. The molecule has 0 aromatic rings. The first-order valence-electron chi connectivity index (χ1n) is 8.47. The van der Waals surface area contributed by atoms with Gasteiger partial charge in [-0.05, 0) is 32.6 Å². The van der Waals surface area contributed by atoms with Crippen LogP contribution in [0.3, 0.4) is 0 Å². The minimum absolute atomic E-state index is 0. The molecule has 27 heavy (non-hydrogen) atoms. The molecule has 1 aliphatic heterocycles. The molecule has 0 radical (unpaired) electrons. The molecule has 0 atom stereocenters. The summed E-state index contributed by atoms with van der Waals surface area (Å²) in [7, 11) is -5.25. The zero-order chi connectivity index (χ0) is 19.8. The van der Waals surface area contributed by atoms with E-state index in [4.69, 9.17) is 0 Å². The second-order valence-corrected chi connectivity index (χ2v) is 7.75. The number of piperidine rings is 1. The van der Waals surface area contributed by atoms with Crippen LogP contribution in [0.5, 0.6) is 0 Å². The second-order valence-electron chi connectivity index (χ2n) is 5.82. The number of nitrogens with zero attached hydrogens (tertiary/aromatic N) is 2. The molecule has 3 N–H and O–H groups in total. The third-order valence-electron chi connectivity index (χ3n) is 3.86. The van der Waals surface area contributed by atoms with E-state index < -0.39 is 15.5 Å². The number of aliphatic imine (C=N–C) groups is 1. The molecule has 0 saturated carbocycles. The van der Waals surface area contributed by atoms with Crippen molar-refractivity contribution in [2.24, 2.45) is 10.9 Å². The Morgan fingerprint density at radius 1 is 1.11 bits per heavy atom. The molecule has 0 aliphatic carbocycles. The number of rotatable bonds is 7. The number of sulfonamides is 1. The quantitative estimate of drug-likeness (QED) is 0.258. The van der Waals surface area contributed by atoms with E-state index in [9.17, 15) is 26.4 Å². The van der Waals surface area contributed by atoms with E-state index >= 15 is 0 Å². The minimum Gasteiger partial charge on any atom is -0.357 e. The van der Waals surface area contributed by atoms with Gasteiger partial charge in [0.15, 0.2) is 5.96 Å². The first-order valence-corrected chi connectivity index (χ1v) is 9.91. The Balaban J connectivity index is 0.00000676. The van der Waals surface area contributed by atoms with Gasteiger partial charge >= 0.3 is 15.5 Å². The molecule has 1 saturated heterocycles. The number of alkyl halides is 3. The Morgan fingerprint density at radius 3 is 2.15 bits per heavy atom. The van der Waals surface area contributed by atoms with Gasteiger partial charge in [0, 0.05) is 32.7 Å². The standard InChI is InChI=1S/C14H26F3N5O3S.HI/c1-3-18-12(23)10-21-13(19-4-2)20-9-11-5-7-22(8-6-11)26(24,25)14(15,16)17;/h11H,3-10H2,1-2H3,(H,18,23)(H2,19,20,21);1H. The lowest BCUT2D eigenvalue weighted by molar-refractivity contribution is -0.119. The molecule has 160 valence electrons. The smallest absolute Gasteiger partial charge is 0.357 e. The van der Waals surface area contributed by atoms with Crippen LogP contribution in [0.2, 0.25) is 0 Å². The van der Waals surface area contributed by atoms with Crippen LogP contribution in [0.25, 0.3) is 0 Å². The number of guanidine groups is 1. The monoisotopic (exact) mass is 529 g/mol. The normalized spacial score (nSPS) is 17.1. The molecule has 13 heteroatoms. The Labute approximate surface area is 174 Å². The van der Waals surface area contributed by atoms with Gasteiger partial charge in [-0.1, -0.05) is 0 Å². The summed E-state index contributed by atoms with van der Waals surface area (Å²) in [6.45, 7) is 4.83. The van der Waals surface area contributed by atoms with Crippen LogP contribution in [-0.2, 0) is 14.8 Å². The number of carbonyl (C=O) groups excluding carboxylic acids is 1. The molecule has 0 bridgehead atoms. The maximum absolute atomic E-state index is 12.6. The molecule has 0 aromatic carbocycles. The van der Waals surface area contributed by atoms with Gasteiger partial charge in [-0.25, -0.2) is 13.4 Å². The number of amides is 1. The summed E-state index contributed by atoms with van der Waals surface area (Å²) in [5.41, 5.74) is -5.26. The van der Waals surface area contributed by atoms with Gasteiger partial charge in [0.05, 0.1) is 0 Å². The number of halogens is 4. The van der Waals surface area contributed by atoms with Crippen molar-refractivity contribution in [3.8, 4) is 0 Å². The maximum Gasteiger partial charge on any atom is 0.511 e. The SMILES string of the molecule is CCNC(=O)CN=C(NCC)NCC1CCN(S(=O)(=O)C(F)(F)F)CC1.I. The summed E-state index contributed by atoms with van der Waals surface area (Å²) < 4.78 is 60.9. The Kier molecular flexibility index (Phi) is 11.5. The Morgan fingerprint density at radius 2 is 1.67 bits per heavy atom. The van der Waals surface area contributed by atoms with Gasteiger partial charge in [-0.2, -0.15) is 17.5 Å². The summed E-state index contributed by atoms with van der Waals surface area (Å²) >= 11 is 0. The van der Waals surface area contributed by atoms with E-state index in [2.05, 4.69) is 20.9 Å². The largest absolute Gasteiger partial charge is 0.511 e. The highest BCUT2D eigenvalue weighted by Gasteiger charge is 2.50. The first-order chi connectivity index (χ1) is 12.1. The molecule has 1 fully saturated rings. The van der Waals surface area contributed by atoms with Crippen molar-refractivity contribution in [1.82, 2.24) is 20.3 Å². The molecular weight excluding hydrogens is 502 g/mol. The van der Waals surface area contributed by atoms with E-state index in [1.165, 1.54) is 0 Å². The topological polar surface area (TPSA) is 103 Å². The fraction of sp³-hybridized carbons (Fsp3) is 0.857. The molecule has 0 aromatic heterocycles. The van der Waals surface area contributed by atoms with Crippen LogP contribution < -0.4 is 16.0 Å². The molecular formula is C14H27F3IN5O3S. The summed E-state index contributed by atoms with van der Waals surface area (Å²) in [6, 6.07) is 0. The fourth-order valence-corrected chi connectivity index (χ4v) is 3.47. The lowest BCUT2D eigenvalue weighted by Crippen LogP contribution is -2.47. The predicted octanol–water partition coefficient (Wildman–Crippen LogP) is 0.857. The van der Waals surface area contributed by atoms with Crippen LogP contribution >= 0.6 is 24.0 Å². The summed E-state index contributed by atoms with van der Waals surface area (Å²) in [4.78, 5) is 15.6. The van der Waals surface area contributed by atoms with Crippen molar-refractivity contribution in [3.05, 3.63) is 0 Å². The molecule has 0 unspecified atom stereocenters. The van der Waals surface area contributed by atoms with Crippen molar-refractivity contribution >= 4 is 45.9 Å². The van der Waals surface area contributed by atoms with Crippen LogP contribution in [0.4, 0.5) is 13.2 Å². The zero-order valence-electron chi connectivity index (χ0n) is 15.3. The van der Waals surface area contributed by atoms with Crippen LogP contribution in [0.15, 0.2) is 4.99 Å². The molecule has 1 amide bonds. The van der Waals surface area contributed by atoms with E-state index in [0.29, 0.717) is 42.7 Å². The van der Waals surface area contributed by atoms with E-state index in [-0.39, 0.29) is 55.4 Å². The second kappa shape index (κ2) is 11.9. The first kappa shape index (κ1) is 26.2. The van der Waals surface area contributed by atoms with Crippen molar-refractivity contribution in [2.45, 2.75) is 32.2 Å². The van der Waals surface area contributed by atoms with Gasteiger partial charge < -0.3 is 16.0 Å². The number of hydrogen-bond acceptors (Lipinski definition) is 4. The highest BCUT2D eigenvalue weighted by molar-refractivity contribution is 14.0. The fourth-order valence-electron chi connectivity index (χ4n) is 2.49. The average molecular weight is 529 g/mol. The van der Waals surface area contributed by atoms with Crippen molar-refractivity contribution in [1.29, 1.82) is 0 Å². The van der Waals surface area contributed by atoms with Gasteiger partial charge in [-0.15, -0.1) is 24.0 Å². The van der Waals surface area contributed by atoms with Crippen molar-refractivity contribution in [2.75, 3.05) is 39.3 Å². The van der Waals surface area contributed by atoms with Crippen LogP contribution in [0.1, 0.15) is 26.7 Å². The summed E-state index contributed by atoms with van der Waals surface area (Å²) in [5.74, 6) is 0.238. The molecule has 0 spiro atoms. The Bertz CT molecular complexity index is 593. The molecule has 1 rings (SSSR count). The van der Waals surface area contributed by atoms with Gasteiger partial charge in [0.1, 0.15) is 6.54 Å². The highest BCUT2D eigenvalue weighted by Crippen LogP contribution is 2.30. The zero-order valence-corrected chi connectivity index (χ0v) is 18.5. The Hall–Kier alpha value is -0.830. The molecule has 1 heterocycles. The minimum atomic E-state index is -5.26. The van der Waals surface area contributed by atoms with Gasteiger partial charge in [0.25, 0.3) is 0 Å². The van der Waals surface area contributed by atoms with E-state index in [1.54, 1.807) is 6.92 Å². The van der Waals surface area contributed by atoms with Crippen LogP contribution in [-0.4, -0.2) is 69.4 Å². The third kappa shape index (κ3) is 8.37. The summed E-state index contributed by atoms with van der Waals surface area (Å²) in [6.07, 6.45) is 0.635. The lowest BCUT2D eigenvalue weighted by atomic mass is 9.98. The van der Waals surface area contributed by atoms with Gasteiger partial charge in [-0.3, -0.25) is 4.79 Å². The number of hydrogen-bond donors (Lipinski definition) is 3. The average Bonchev–Trinajstić information content (AvgIpc) is 2.57. The summed E-state index contributed by atoms with van der Waals surface area (Å²) in [5, 5.41) is 8.64. The van der Waals surface area contributed by atoms with E-state index in [1.807, 2.05) is 6.92 Å². The van der Waals surface area contributed by atoms with E-state index in [0.717, 1.165) is 0 Å². The number of likely N-dealkylation sites (N-methyl/N-ethyl adjacent to an activating group) is 1. The maximum atomic E-state index is 12.6. The lowest BCUT2D eigenvalue weighted by Gasteiger charge is -2.31. The van der Waals surface area contributed by atoms with Crippen LogP contribution in [0, 0.1) is 5.92 Å². The number of carbonyl (C=O) groups is 1. The molecule has 8 nitrogen and oxygen atoms in total. The van der Waals surface area contributed by atoms with Gasteiger partial charge in [0.2, 0.25) is 5.91 Å². The highest BCUT2D eigenvalue weighted by atomic mass is 127. The van der Waals surface area contributed by atoms with Crippen molar-refractivity contribution < 1.29 is 26.4 Å². The predicted molar refractivity (Wildman–Crippen MR) is 107 cm³/mol. The third-order valence-corrected chi connectivity index (χ3v) is 5.49. The van der Waals surface area contributed by atoms with Crippen molar-refractivity contribution in [3.63, 3.8) is 0 Å². The number of nitrogens with one attached hydrogen (secondary N) is 3.